The summed E-state index contributed by atoms with van der Waals surface area (Å²) in [5.74, 6) is 0.718. The zero-order chi connectivity index (χ0) is 13.8. The average Bonchev–Trinajstić information content (AvgIpc) is 2.75. The molecule has 2 rings (SSSR count). The molecular weight excluding hydrogens is 252 g/mol. The van der Waals surface area contributed by atoms with Gasteiger partial charge in [0.15, 0.2) is 0 Å². The van der Waals surface area contributed by atoms with Crippen molar-refractivity contribution in [2.45, 2.75) is 59.2 Å². The van der Waals surface area contributed by atoms with E-state index < -0.39 is 0 Å². The number of aryl methyl sites for hydroxylation is 1. The lowest BCUT2D eigenvalue weighted by Crippen LogP contribution is -2.57. The molecule has 1 aromatic rings. The average molecular weight is 280 g/mol. The summed E-state index contributed by atoms with van der Waals surface area (Å²) in [4.78, 5) is 4.25. The molecule has 1 saturated heterocycles. The number of nitrogens with one attached hydrogen (secondary N) is 1. The Morgan fingerprint density at radius 1 is 1.47 bits per heavy atom. The Labute approximate surface area is 122 Å². The molecule has 2 unspecified atom stereocenters. The molecule has 0 spiro atoms. The molecule has 1 N–H and O–H groups in total. The fourth-order valence-corrected chi connectivity index (χ4v) is 3.96. The molecule has 19 heavy (non-hydrogen) atoms. The third-order valence-electron chi connectivity index (χ3n) is 4.26. The van der Waals surface area contributed by atoms with Crippen molar-refractivity contribution in [3.05, 3.63) is 21.9 Å². The van der Waals surface area contributed by atoms with Gasteiger partial charge in [-0.2, -0.15) is 0 Å². The van der Waals surface area contributed by atoms with Crippen LogP contribution in [0.2, 0.25) is 0 Å². The second-order valence-electron chi connectivity index (χ2n) is 6.16. The third kappa shape index (κ3) is 3.80. The molecule has 0 aromatic carbocycles. The van der Waals surface area contributed by atoms with Gasteiger partial charge in [0.05, 0.1) is 0 Å². The van der Waals surface area contributed by atoms with Crippen LogP contribution in [0, 0.1) is 12.8 Å². The van der Waals surface area contributed by atoms with Crippen molar-refractivity contribution in [2.75, 3.05) is 13.1 Å². The quantitative estimate of drug-likeness (QED) is 0.885. The van der Waals surface area contributed by atoms with E-state index in [1.54, 1.807) is 4.88 Å². The summed E-state index contributed by atoms with van der Waals surface area (Å²) in [5, 5.41) is 5.96. The van der Waals surface area contributed by atoms with Gasteiger partial charge in [-0.15, -0.1) is 11.3 Å². The number of thiophene rings is 1. The SMILES string of the molecule is CCCC1CN(Cc2sccc2C)C(C(C)C)CN1. The highest BCUT2D eigenvalue weighted by Gasteiger charge is 2.29. The van der Waals surface area contributed by atoms with Crippen LogP contribution in [-0.2, 0) is 6.54 Å². The predicted octanol–water partition coefficient (Wildman–Crippen LogP) is 3.66. The molecule has 0 bridgehead atoms. The molecule has 0 radical (unpaired) electrons. The Bertz CT molecular complexity index is 386. The second kappa shape index (κ2) is 6.87. The Balaban J connectivity index is 2.05. The third-order valence-corrected chi connectivity index (χ3v) is 5.27. The van der Waals surface area contributed by atoms with Crippen LogP contribution in [0.4, 0.5) is 0 Å². The molecule has 2 heterocycles. The van der Waals surface area contributed by atoms with E-state index in [1.807, 2.05) is 11.3 Å². The van der Waals surface area contributed by atoms with Crippen LogP contribution >= 0.6 is 11.3 Å². The fourth-order valence-electron chi connectivity index (χ4n) is 3.03. The summed E-state index contributed by atoms with van der Waals surface area (Å²) in [6.07, 6.45) is 2.57. The molecule has 1 fully saturated rings. The van der Waals surface area contributed by atoms with Crippen LogP contribution in [0.5, 0.6) is 0 Å². The summed E-state index contributed by atoms with van der Waals surface area (Å²) in [6, 6.07) is 3.60. The van der Waals surface area contributed by atoms with Crippen molar-refractivity contribution in [2.24, 2.45) is 5.92 Å². The summed E-state index contributed by atoms with van der Waals surface area (Å²) < 4.78 is 0. The first-order valence-electron chi connectivity index (χ1n) is 7.62. The van der Waals surface area contributed by atoms with Crippen LogP contribution in [0.25, 0.3) is 0 Å². The summed E-state index contributed by atoms with van der Waals surface area (Å²) >= 11 is 1.91. The highest BCUT2D eigenvalue weighted by Crippen LogP contribution is 2.23. The molecule has 0 aliphatic carbocycles. The van der Waals surface area contributed by atoms with E-state index in [4.69, 9.17) is 0 Å². The maximum atomic E-state index is 3.74. The van der Waals surface area contributed by atoms with Crippen molar-refractivity contribution in [3.8, 4) is 0 Å². The maximum absolute atomic E-state index is 3.74. The summed E-state index contributed by atoms with van der Waals surface area (Å²) in [7, 11) is 0. The largest absolute Gasteiger partial charge is 0.311 e. The van der Waals surface area contributed by atoms with Gasteiger partial charge in [0.25, 0.3) is 0 Å². The standard InChI is InChI=1S/C16H28N2S/c1-5-6-14-10-18(15(9-17-14)12(2)3)11-16-13(4)7-8-19-16/h7-8,12,14-15,17H,5-6,9-11H2,1-4H3. The minimum atomic E-state index is 0.676. The van der Waals surface area contributed by atoms with Crippen LogP contribution < -0.4 is 5.32 Å². The first kappa shape index (κ1) is 15.0. The van der Waals surface area contributed by atoms with E-state index in [2.05, 4.69) is 49.4 Å². The van der Waals surface area contributed by atoms with Crippen LogP contribution in [-0.4, -0.2) is 30.1 Å². The minimum absolute atomic E-state index is 0.676. The second-order valence-corrected chi connectivity index (χ2v) is 7.16. The first-order chi connectivity index (χ1) is 9.11. The molecule has 3 heteroatoms. The Morgan fingerprint density at radius 3 is 2.84 bits per heavy atom. The van der Waals surface area contributed by atoms with Gasteiger partial charge in [-0.05, 0) is 36.3 Å². The number of rotatable bonds is 5. The molecule has 2 nitrogen and oxygen atoms in total. The first-order valence-corrected chi connectivity index (χ1v) is 8.50. The molecule has 0 amide bonds. The van der Waals surface area contributed by atoms with E-state index >= 15 is 0 Å². The van der Waals surface area contributed by atoms with Gasteiger partial charge in [-0.1, -0.05) is 27.2 Å². The van der Waals surface area contributed by atoms with Crippen LogP contribution in [0.3, 0.4) is 0 Å². The number of hydrogen-bond donors (Lipinski definition) is 1. The van der Waals surface area contributed by atoms with Crippen molar-refractivity contribution in [1.29, 1.82) is 0 Å². The molecule has 1 aromatic heterocycles. The fraction of sp³-hybridized carbons (Fsp3) is 0.750. The Hall–Kier alpha value is -0.380. The van der Waals surface area contributed by atoms with Crippen molar-refractivity contribution >= 4 is 11.3 Å². The maximum Gasteiger partial charge on any atom is 0.0334 e. The van der Waals surface area contributed by atoms with E-state index in [9.17, 15) is 0 Å². The predicted molar refractivity (Wildman–Crippen MR) is 84.8 cm³/mol. The number of hydrogen-bond acceptors (Lipinski definition) is 3. The van der Waals surface area contributed by atoms with Gasteiger partial charge in [-0.25, -0.2) is 0 Å². The number of piperazine rings is 1. The minimum Gasteiger partial charge on any atom is -0.311 e. The van der Waals surface area contributed by atoms with Gasteiger partial charge in [0.1, 0.15) is 0 Å². The van der Waals surface area contributed by atoms with Gasteiger partial charge >= 0.3 is 0 Å². The van der Waals surface area contributed by atoms with Crippen LogP contribution in [0.15, 0.2) is 11.4 Å². The topological polar surface area (TPSA) is 15.3 Å². The zero-order valence-electron chi connectivity index (χ0n) is 12.8. The van der Waals surface area contributed by atoms with Crippen LogP contribution in [0.1, 0.15) is 44.1 Å². The molecular formula is C16H28N2S. The molecule has 1 aliphatic rings. The smallest absolute Gasteiger partial charge is 0.0334 e. The Morgan fingerprint density at radius 2 is 2.26 bits per heavy atom. The highest BCUT2D eigenvalue weighted by molar-refractivity contribution is 7.10. The lowest BCUT2D eigenvalue weighted by Gasteiger charge is -2.42. The van der Waals surface area contributed by atoms with Crippen molar-refractivity contribution in [1.82, 2.24) is 10.2 Å². The van der Waals surface area contributed by atoms with E-state index in [1.165, 1.54) is 24.9 Å². The molecule has 108 valence electrons. The monoisotopic (exact) mass is 280 g/mol. The van der Waals surface area contributed by atoms with Gasteiger partial charge in [0.2, 0.25) is 0 Å². The van der Waals surface area contributed by atoms with E-state index in [0.29, 0.717) is 12.1 Å². The van der Waals surface area contributed by atoms with Gasteiger partial charge in [0, 0.05) is 36.6 Å². The van der Waals surface area contributed by atoms with Gasteiger partial charge in [-0.3, -0.25) is 4.90 Å². The van der Waals surface area contributed by atoms with Crippen molar-refractivity contribution < 1.29 is 0 Å². The van der Waals surface area contributed by atoms with E-state index in [-0.39, 0.29) is 0 Å². The molecule has 1 aliphatic heterocycles. The Kier molecular flexibility index (Phi) is 5.43. The van der Waals surface area contributed by atoms with Crippen molar-refractivity contribution in [3.63, 3.8) is 0 Å². The highest BCUT2D eigenvalue weighted by atomic mass is 32.1. The molecule has 0 saturated carbocycles. The summed E-state index contributed by atoms with van der Waals surface area (Å²) in [5.41, 5.74) is 1.46. The molecule has 2 atom stereocenters. The van der Waals surface area contributed by atoms with E-state index in [0.717, 1.165) is 19.0 Å². The lowest BCUT2D eigenvalue weighted by atomic mass is 9.97. The zero-order valence-corrected chi connectivity index (χ0v) is 13.6. The lowest BCUT2D eigenvalue weighted by molar-refractivity contribution is 0.0893. The summed E-state index contributed by atoms with van der Waals surface area (Å²) in [6.45, 7) is 12.7. The van der Waals surface area contributed by atoms with Gasteiger partial charge < -0.3 is 5.32 Å². The normalized spacial score (nSPS) is 25.1. The number of nitrogens with zero attached hydrogens (tertiary/aromatic N) is 1.